The average Bonchev–Trinajstić information content (AvgIpc) is 2.41. The summed E-state index contributed by atoms with van der Waals surface area (Å²) >= 11 is 7.98. The van der Waals surface area contributed by atoms with Crippen LogP contribution in [-0.2, 0) is 0 Å². The number of para-hydroxylation sites is 1. The first-order valence-electron chi connectivity index (χ1n) is 6.15. The molecule has 1 heterocycles. The summed E-state index contributed by atoms with van der Waals surface area (Å²) in [7, 11) is 0. The van der Waals surface area contributed by atoms with Gasteiger partial charge in [-0.15, -0.1) is 0 Å². The van der Waals surface area contributed by atoms with E-state index in [4.69, 9.17) is 11.6 Å². The van der Waals surface area contributed by atoms with Gasteiger partial charge in [-0.3, -0.25) is 15.0 Å². The first-order chi connectivity index (χ1) is 9.18. The third-order valence-corrected chi connectivity index (χ3v) is 4.28. The smallest absolute Gasteiger partial charge is 0.293 e. The molecule has 0 saturated carbocycles. The lowest BCUT2D eigenvalue weighted by Crippen LogP contribution is -2.36. The van der Waals surface area contributed by atoms with E-state index in [-0.39, 0.29) is 5.69 Å². The van der Waals surface area contributed by atoms with Crippen molar-refractivity contribution < 1.29 is 4.92 Å². The van der Waals surface area contributed by atoms with Gasteiger partial charge in [-0.05, 0) is 6.07 Å². The van der Waals surface area contributed by atoms with Crippen molar-refractivity contribution in [3.8, 4) is 0 Å². The van der Waals surface area contributed by atoms with Crippen LogP contribution in [-0.4, -0.2) is 47.5 Å². The molecule has 0 unspecified atom stereocenters. The van der Waals surface area contributed by atoms with Crippen LogP contribution >= 0.6 is 23.4 Å². The predicted octanol–water partition coefficient (Wildman–Crippen LogP) is 2.71. The molecule has 1 aliphatic heterocycles. The zero-order valence-electron chi connectivity index (χ0n) is 10.5. The van der Waals surface area contributed by atoms with Crippen LogP contribution in [0.3, 0.4) is 0 Å². The minimum Gasteiger partial charge on any atom is -0.377 e. The van der Waals surface area contributed by atoms with Gasteiger partial charge >= 0.3 is 0 Å². The lowest BCUT2D eigenvalue weighted by Gasteiger charge is -2.26. The van der Waals surface area contributed by atoms with Crippen LogP contribution in [0.1, 0.15) is 0 Å². The lowest BCUT2D eigenvalue weighted by atomic mass is 10.2. The van der Waals surface area contributed by atoms with Gasteiger partial charge in [-0.2, -0.15) is 11.8 Å². The second kappa shape index (κ2) is 6.98. The van der Waals surface area contributed by atoms with Crippen molar-refractivity contribution in [1.82, 2.24) is 4.90 Å². The second-order valence-electron chi connectivity index (χ2n) is 4.27. The molecule has 1 fully saturated rings. The molecular weight excluding hydrogens is 286 g/mol. The Morgan fingerprint density at radius 3 is 2.84 bits per heavy atom. The molecule has 0 radical (unpaired) electrons. The standard InChI is InChI=1S/C12H16ClN3O2S/c13-10-2-1-3-11(16(17)18)12(10)14-4-5-15-6-8-19-9-7-15/h1-3,14H,4-9H2. The Labute approximate surface area is 121 Å². The first kappa shape index (κ1) is 14.4. The van der Waals surface area contributed by atoms with Gasteiger partial charge in [-0.25, -0.2) is 0 Å². The maximum Gasteiger partial charge on any atom is 0.293 e. The van der Waals surface area contributed by atoms with Crippen molar-refractivity contribution in [1.29, 1.82) is 0 Å². The van der Waals surface area contributed by atoms with Crippen molar-refractivity contribution in [3.05, 3.63) is 33.3 Å². The SMILES string of the molecule is O=[N+]([O-])c1cccc(Cl)c1NCCN1CCSCC1. The Bertz CT molecular complexity index is 453. The van der Waals surface area contributed by atoms with Crippen LogP contribution in [0.15, 0.2) is 18.2 Å². The Balaban J connectivity index is 1.93. The summed E-state index contributed by atoms with van der Waals surface area (Å²) in [6.07, 6.45) is 0. The third kappa shape index (κ3) is 3.99. The molecule has 0 atom stereocenters. The maximum atomic E-state index is 10.9. The Morgan fingerprint density at radius 2 is 2.16 bits per heavy atom. The van der Waals surface area contributed by atoms with Gasteiger partial charge in [0.1, 0.15) is 5.69 Å². The summed E-state index contributed by atoms with van der Waals surface area (Å²) in [6.45, 7) is 3.70. The van der Waals surface area contributed by atoms with Crippen molar-refractivity contribution in [2.45, 2.75) is 0 Å². The number of hydrogen-bond acceptors (Lipinski definition) is 5. The van der Waals surface area contributed by atoms with Crippen LogP contribution in [0, 0.1) is 10.1 Å². The van der Waals surface area contributed by atoms with Gasteiger partial charge < -0.3 is 5.32 Å². The molecule has 5 nitrogen and oxygen atoms in total. The number of nitro groups is 1. The van der Waals surface area contributed by atoms with Gasteiger partial charge in [0.2, 0.25) is 0 Å². The van der Waals surface area contributed by atoms with E-state index in [0.717, 1.165) is 31.1 Å². The maximum absolute atomic E-state index is 10.9. The summed E-state index contributed by atoms with van der Waals surface area (Å²) in [4.78, 5) is 12.9. The molecule has 0 amide bonds. The highest BCUT2D eigenvalue weighted by atomic mass is 35.5. The van der Waals surface area contributed by atoms with Gasteiger partial charge in [0.05, 0.1) is 9.95 Å². The van der Waals surface area contributed by atoms with E-state index < -0.39 is 4.92 Å². The highest BCUT2D eigenvalue weighted by Gasteiger charge is 2.16. The van der Waals surface area contributed by atoms with Crippen molar-refractivity contribution in [2.24, 2.45) is 0 Å². The number of halogens is 1. The molecule has 0 aliphatic carbocycles. The summed E-state index contributed by atoms with van der Waals surface area (Å²) in [5.74, 6) is 2.32. The minimum atomic E-state index is -0.411. The molecule has 1 aliphatic rings. The van der Waals surface area contributed by atoms with E-state index in [1.54, 1.807) is 12.1 Å². The Kier molecular flexibility index (Phi) is 5.30. The highest BCUT2D eigenvalue weighted by molar-refractivity contribution is 7.99. The number of rotatable bonds is 5. The molecule has 1 aromatic rings. The predicted molar refractivity (Wildman–Crippen MR) is 80.4 cm³/mol. The van der Waals surface area contributed by atoms with Crippen molar-refractivity contribution in [2.75, 3.05) is 43.0 Å². The van der Waals surface area contributed by atoms with E-state index >= 15 is 0 Å². The van der Waals surface area contributed by atoms with Crippen LogP contribution < -0.4 is 5.32 Å². The molecule has 0 bridgehead atoms. The average molecular weight is 302 g/mol. The normalized spacial score (nSPS) is 16.3. The fourth-order valence-electron chi connectivity index (χ4n) is 2.00. The van der Waals surface area contributed by atoms with Crippen LogP contribution in [0.2, 0.25) is 5.02 Å². The van der Waals surface area contributed by atoms with Gasteiger partial charge in [0.25, 0.3) is 5.69 Å². The number of anilines is 1. The minimum absolute atomic E-state index is 0.0294. The zero-order valence-corrected chi connectivity index (χ0v) is 12.0. The monoisotopic (exact) mass is 301 g/mol. The topological polar surface area (TPSA) is 58.4 Å². The van der Waals surface area contributed by atoms with E-state index in [1.807, 2.05) is 11.8 Å². The molecule has 1 aromatic carbocycles. The van der Waals surface area contributed by atoms with Gasteiger partial charge in [-0.1, -0.05) is 17.7 Å². The molecular formula is C12H16ClN3O2S. The Morgan fingerprint density at radius 1 is 1.42 bits per heavy atom. The summed E-state index contributed by atoms with van der Waals surface area (Å²) in [5.41, 5.74) is 0.447. The van der Waals surface area contributed by atoms with Crippen LogP contribution in [0.5, 0.6) is 0 Å². The molecule has 19 heavy (non-hydrogen) atoms. The summed E-state index contributed by atoms with van der Waals surface area (Å²) < 4.78 is 0. The zero-order chi connectivity index (χ0) is 13.7. The van der Waals surface area contributed by atoms with E-state index in [0.29, 0.717) is 17.3 Å². The number of thioether (sulfide) groups is 1. The number of nitrogens with zero attached hydrogens (tertiary/aromatic N) is 2. The van der Waals surface area contributed by atoms with Crippen molar-refractivity contribution in [3.63, 3.8) is 0 Å². The fourth-order valence-corrected chi connectivity index (χ4v) is 3.22. The van der Waals surface area contributed by atoms with Gasteiger partial charge in [0.15, 0.2) is 0 Å². The van der Waals surface area contributed by atoms with E-state index in [2.05, 4.69) is 10.2 Å². The van der Waals surface area contributed by atoms with E-state index in [9.17, 15) is 10.1 Å². The fraction of sp³-hybridized carbons (Fsp3) is 0.500. The molecule has 0 aromatic heterocycles. The lowest BCUT2D eigenvalue weighted by molar-refractivity contribution is -0.383. The molecule has 2 rings (SSSR count). The molecule has 1 N–H and O–H groups in total. The number of hydrogen-bond donors (Lipinski definition) is 1. The highest BCUT2D eigenvalue weighted by Crippen LogP contribution is 2.31. The van der Waals surface area contributed by atoms with Crippen LogP contribution in [0.25, 0.3) is 0 Å². The van der Waals surface area contributed by atoms with Crippen molar-refractivity contribution >= 4 is 34.7 Å². The first-order valence-corrected chi connectivity index (χ1v) is 7.68. The molecule has 1 saturated heterocycles. The summed E-state index contributed by atoms with van der Waals surface area (Å²) in [5, 5.41) is 14.4. The molecule has 7 heteroatoms. The Hall–Kier alpha value is -0.980. The number of nitrogens with one attached hydrogen (secondary N) is 1. The van der Waals surface area contributed by atoms with Crippen LogP contribution in [0.4, 0.5) is 11.4 Å². The molecule has 104 valence electrons. The second-order valence-corrected chi connectivity index (χ2v) is 5.90. The summed E-state index contributed by atoms with van der Waals surface area (Å²) in [6, 6.07) is 4.72. The largest absolute Gasteiger partial charge is 0.377 e. The quantitative estimate of drug-likeness (QED) is 0.669. The molecule has 0 spiro atoms. The van der Waals surface area contributed by atoms with E-state index in [1.165, 1.54) is 6.07 Å². The number of nitro benzene ring substituents is 1. The number of benzene rings is 1. The third-order valence-electron chi connectivity index (χ3n) is 3.02. The van der Waals surface area contributed by atoms with Gasteiger partial charge in [0, 0.05) is 43.8 Å².